The summed E-state index contributed by atoms with van der Waals surface area (Å²) in [5.41, 5.74) is 2.37. The van der Waals surface area contributed by atoms with Crippen molar-refractivity contribution in [2.45, 2.75) is 57.3 Å². The van der Waals surface area contributed by atoms with Gasteiger partial charge in [0, 0.05) is 35.6 Å². The summed E-state index contributed by atoms with van der Waals surface area (Å²) >= 11 is 0. The largest absolute Gasteiger partial charge is 0.390 e. The Morgan fingerprint density at radius 2 is 1.77 bits per heavy atom. The lowest BCUT2D eigenvalue weighted by Gasteiger charge is -2.33. The third-order valence-corrected chi connectivity index (χ3v) is 7.23. The molecule has 0 bridgehead atoms. The molecule has 2 heterocycles. The first-order chi connectivity index (χ1) is 16.9. The topological polar surface area (TPSA) is 48.4 Å². The molecule has 2 atom stereocenters. The summed E-state index contributed by atoms with van der Waals surface area (Å²) in [4.78, 5) is 6.35. The van der Waals surface area contributed by atoms with E-state index in [0.29, 0.717) is 24.2 Å². The fourth-order valence-corrected chi connectivity index (χ4v) is 5.39. The second-order valence-electron chi connectivity index (χ2n) is 10.5. The summed E-state index contributed by atoms with van der Waals surface area (Å²) in [5, 5.41) is 18.1. The molecule has 0 spiro atoms. The molecule has 1 aliphatic rings. The Morgan fingerprint density at radius 3 is 2.60 bits per heavy atom. The molecule has 4 nitrogen and oxygen atoms in total. The number of aliphatic hydroxyl groups excluding tert-OH is 1. The van der Waals surface area contributed by atoms with Gasteiger partial charge in [0.1, 0.15) is 0 Å². The number of β-amino-alcohol motifs (C(OH)–C–C–N with tert-alkyl or cyclic N) is 1. The van der Waals surface area contributed by atoms with Gasteiger partial charge < -0.3 is 10.4 Å². The Bertz CT molecular complexity index is 1320. The smallest absolute Gasteiger partial charge is 0.217 e. The number of nitrogens with one attached hydrogen (secondary N) is 1. The van der Waals surface area contributed by atoms with Gasteiger partial charge in [-0.15, -0.1) is 0 Å². The van der Waals surface area contributed by atoms with Gasteiger partial charge in [-0.3, -0.25) is 4.90 Å². The third-order valence-electron chi connectivity index (χ3n) is 7.23. The number of benzene rings is 3. The number of pyridine rings is 1. The van der Waals surface area contributed by atoms with Crippen LogP contribution in [0.1, 0.15) is 37.8 Å². The number of rotatable bonds is 8. The summed E-state index contributed by atoms with van der Waals surface area (Å²) in [5.74, 6) is -0.418. The molecule has 1 saturated heterocycles. The van der Waals surface area contributed by atoms with Crippen molar-refractivity contribution in [2.24, 2.45) is 0 Å². The second kappa shape index (κ2) is 10.0. The van der Waals surface area contributed by atoms with Gasteiger partial charge in [0.05, 0.1) is 11.6 Å². The van der Waals surface area contributed by atoms with E-state index in [1.807, 2.05) is 30.3 Å². The normalized spacial score (nSPS) is 17.9. The van der Waals surface area contributed by atoms with Crippen molar-refractivity contribution in [3.63, 3.8) is 0 Å². The maximum absolute atomic E-state index is 14.7. The summed E-state index contributed by atoms with van der Waals surface area (Å²) in [6, 6.07) is 24.5. The number of likely N-dealkylation sites (tertiary alicyclic amines) is 1. The monoisotopic (exact) mass is 471 g/mol. The first-order valence-electron chi connectivity index (χ1n) is 12.6. The summed E-state index contributed by atoms with van der Waals surface area (Å²) in [7, 11) is 0. The number of halogens is 1. The van der Waals surface area contributed by atoms with Gasteiger partial charge in [0.15, 0.2) is 0 Å². The lowest BCUT2D eigenvalue weighted by Crippen LogP contribution is -2.50. The van der Waals surface area contributed by atoms with Gasteiger partial charge in [0.25, 0.3) is 0 Å². The highest BCUT2D eigenvalue weighted by molar-refractivity contribution is 5.83. The zero-order valence-electron chi connectivity index (χ0n) is 20.5. The van der Waals surface area contributed by atoms with E-state index >= 15 is 0 Å². The van der Waals surface area contributed by atoms with Crippen molar-refractivity contribution in [1.29, 1.82) is 0 Å². The van der Waals surface area contributed by atoms with E-state index in [4.69, 9.17) is 0 Å². The molecule has 0 saturated carbocycles. The molecule has 2 unspecified atom stereocenters. The fourth-order valence-electron chi connectivity index (χ4n) is 5.39. The quantitative estimate of drug-likeness (QED) is 0.335. The Kier molecular flexibility index (Phi) is 6.83. The van der Waals surface area contributed by atoms with Gasteiger partial charge in [0.2, 0.25) is 5.95 Å². The third kappa shape index (κ3) is 5.53. The molecule has 5 rings (SSSR count). The SMILES string of the molecule is CC(C)(Cc1ccc2ccccc2c1)NCC(O)C1CCCN1Cc1cc2ccccc2nc1F. The van der Waals surface area contributed by atoms with E-state index in [1.165, 1.54) is 16.3 Å². The molecule has 182 valence electrons. The number of aromatic nitrogens is 1. The van der Waals surface area contributed by atoms with Crippen molar-refractivity contribution in [2.75, 3.05) is 13.1 Å². The Balaban J connectivity index is 1.21. The first-order valence-corrected chi connectivity index (χ1v) is 12.6. The van der Waals surface area contributed by atoms with Crippen LogP contribution < -0.4 is 5.32 Å². The van der Waals surface area contributed by atoms with Crippen molar-refractivity contribution in [3.05, 3.63) is 89.9 Å². The van der Waals surface area contributed by atoms with Crippen LogP contribution >= 0.6 is 0 Å². The van der Waals surface area contributed by atoms with Gasteiger partial charge in [-0.1, -0.05) is 60.7 Å². The van der Waals surface area contributed by atoms with Gasteiger partial charge in [-0.2, -0.15) is 4.39 Å². The number of para-hydroxylation sites is 1. The van der Waals surface area contributed by atoms with Crippen LogP contribution in [0.2, 0.25) is 0 Å². The van der Waals surface area contributed by atoms with Crippen molar-refractivity contribution >= 4 is 21.7 Å². The zero-order valence-corrected chi connectivity index (χ0v) is 20.5. The number of hydrogen-bond donors (Lipinski definition) is 2. The summed E-state index contributed by atoms with van der Waals surface area (Å²) < 4.78 is 14.7. The first kappa shape index (κ1) is 23.9. The van der Waals surface area contributed by atoms with Crippen molar-refractivity contribution in [3.8, 4) is 0 Å². The molecule has 35 heavy (non-hydrogen) atoms. The van der Waals surface area contributed by atoms with Crippen molar-refractivity contribution in [1.82, 2.24) is 15.2 Å². The minimum Gasteiger partial charge on any atom is -0.390 e. The van der Waals surface area contributed by atoms with Crippen LogP contribution in [0.4, 0.5) is 4.39 Å². The predicted molar refractivity (Wildman–Crippen MR) is 141 cm³/mol. The number of aliphatic hydroxyl groups is 1. The van der Waals surface area contributed by atoms with E-state index in [9.17, 15) is 9.50 Å². The molecule has 1 aromatic heterocycles. The maximum atomic E-state index is 14.7. The van der Waals surface area contributed by atoms with Crippen LogP contribution in [0.25, 0.3) is 21.7 Å². The number of fused-ring (bicyclic) bond motifs is 2. The van der Waals surface area contributed by atoms with E-state index < -0.39 is 12.1 Å². The lowest BCUT2D eigenvalue weighted by atomic mass is 9.93. The standard InChI is InChI=1S/C30H34FN3O/c1-30(2,18-21-13-14-22-8-3-4-9-23(22)16-21)32-19-28(35)27-12-7-15-34(27)20-25-17-24-10-5-6-11-26(24)33-29(25)31/h3-6,8-11,13-14,16-17,27-28,32,35H,7,12,15,18-20H2,1-2H3. The highest BCUT2D eigenvalue weighted by atomic mass is 19.1. The average Bonchev–Trinajstić information content (AvgIpc) is 3.31. The fraction of sp³-hybridized carbons (Fsp3) is 0.367. The van der Waals surface area contributed by atoms with Crippen LogP contribution in [-0.4, -0.2) is 45.8 Å². The van der Waals surface area contributed by atoms with Crippen LogP contribution in [0.15, 0.2) is 72.8 Å². The molecule has 4 aromatic rings. The molecule has 3 aromatic carbocycles. The highest BCUT2D eigenvalue weighted by Crippen LogP contribution is 2.26. The van der Waals surface area contributed by atoms with E-state index in [0.717, 1.165) is 31.2 Å². The van der Waals surface area contributed by atoms with E-state index in [1.54, 1.807) is 0 Å². The molecule has 0 aliphatic carbocycles. The average molecular weight is 472 g/mol. The van der Waals surface area contributed by atoms with Crippen molar-refractivity contribution < 1.29 is 9.50 Å². The molecule has 0 radical (unpaired) electrons. The predicted octanol–water partition coefficient (Wildman–Crippen LogP) is 5.46. The second-order valence-corrected chi connectivity index (χ2v) is 10.5. The molecule has 5 heteroatoms. The summed E-state index contributed by atoms with van der Waals surface area (Å²) in [6.45, 7) is 6.18. The Hall–Kier alpha value is -2.86. The van der Waals surface area contributed by atoms with Gasteiger partial charge in [-0.05, 0) is 68.1 Å². The van der Waals surface area contributed by atoms with Crippen LogP contribution in [0, 0.1) is 5.95 Å². The Morgan fingerprint density at radius 1 is 1.03 bits per heavy atom. The van der Waals surface area contributed by atoms with Crippen LogP contribution in [0.5, 0.6) is 0 Å². The molecular weight excluding hydrogens is 437 g/mol. The molecule has 2 N–H and O–H groups in total. The lowest BCUT2D eigenvalue weighted by molar-refractivity contribution is 0.0627. The molecule has 0 amide bonds. The van der Waals surface area contributed by atoms with E-state index in [2.05, 4.69) is 71.5 Å². The molecule has 1 fully saturated rings. The maximum Gasteiger partial charge on any atom is 0.217 e. The number of nitrogens with zero attached hydrogens (tertiary/aromatic N) is 2. The number of hydrogen-bond acceptors (Lipinski definition) is 4. The molecular formula is C30H34FN3O. The minimum absolute atomic E-state index is 0.00448. The minimum atomic E-state index is -0.523. The molecule has 1 aliphatic heterocycles. The van der Waals surface area contributed by atoms with Crippen LogP contribution in [0.3, 0.4) is 0 Å². The summed E-state index contributed by atoms with van der Waals surface area (Å²) in [6.07, 6.45) is 2.26. The van der Waals surface area contributed by atoms with Gasteiger partial charge >= 0.3 is 0 Å². The Labute approximate surface area is 206 Å². The van der Waals surface area contributed by atoms with Crippen LogP contribution in [-0.2, 0) is 13.0 Å². The van der Waals surface area contributed by atoms with Gasteiger partial charge in [-0.25, -0.2) is 4.98 Å². The zero-order chi connectivity index (χ0) is 24.4. The highest BCUT2D eigenvalue weighted by Gasteiger charge is 2.32. The van der Waals surface area contributed by atoms with E-state index in [-0.39, 0.29) is 11.6 Å².